The van der Waals surface area contributed by atoms with Gasteiger partial charge in [0.25, 0.3) is 11.1 Å². The molecule has 4 rings (SSSR count). The summed E-state index contributed by atoms with van der Waals surface area (Å²) in [6.45, 7) is 1.75. The third kappa shape index (κ3) is 5.45. The number of ether oxygens (including phenoxy) is 1. The highest BCUT2D eigenvalue weighted by Crippen LogP contribution is 2.37. The topological polar surface area (TPSA) is 75.7 Å². The zero-order valence-corrected chi connectivity index (χ0v) is 19.2. The number of nitrogens with zero attached hydrogens (tertiary/aromatic N) is 1. The molecule has 1 heterocycles. The van der Waals surface area contributed by atoms with Gasteiger partial charge in [-0.1, -0.05) is 41.9 Å². The van der Waals surface area contributed by atoms with Gasteiger partial charge in [-0.25, -0.2) is 4.90 Å². The number of para-hydroxylation sites is 1. The first-order valence-corrected chi connectivity index (χ1v) is 11.2. The van der Waals surface area contributed by atoms with Gasteiger partial charge in [0.05, 0.1) is 10.6 Å². The molecule has 0 atom stereocenters. The normalized spacial score (nSPS) is 14.6. The van der Waals surface area contributed by atoms with Crippen molar-refractivity contribution in [1.29, 1.82) is 0 Å². The van der Waals surface area contributed by atoms with E-state index in [0.717, 1.165) is 22.2 Å². The smallest absolute Gasteiger partial charge is 0.298 e. The lowest BCUT2D eigenvalue weighted by Gasteiger charge is -2.13. The number of nitrogens with one attached hydrogen (secondary N) is 1. The molecule has 1 aliphatic rings. The Bertz CT molecular complexity index is 1240. The van der Waals surface area contributed by atoms with E-state index in [4.69, 9.17) is 16.3 Å². The molecule has 0 radical (unpaired) electrons. The fourth-order valence-electron chi connectivity index (χ4n) is 3.20. The van der Waals surface area contributed by atoms with Gasteiger partial charge in [-0.15, -0.1) is 0 Å². The Hall–Kier alpha value is -3.55. The van der Waals surface area contributed by atoms with Crippen LogP contribution < -0.4 is 15.0 Å². The van der Waals surface area contributed by atoms with Crippen LogP contribution in [0.3, 0.4) is 0 Å². The second-order valence-corrected chi connectivity index (χ2v) is 8.63. The number of benzene rings is 3. The zero-order chi connectivity index (χ0) is 23.4. The van der Waals surface area contributed by atoms with E-state index in [-0.39, 0.29) is 5.91 Å². The first kappa shape index (κ1) is 22.6. The van der Waals surface area contributed by atoms with Gasteiger partial charge in [0.2, 0.25) is 5.91 Å². The maximum Gasteiger partial charge on any atom is 0.298 e. The van der Waals surface area contributed by atoms with Crippen molar-refractivity contribution < 1.29 is 19.1 Å². The summed E-state index contributed by atoms with van der Waals surface area (Å²) in [6.07, 6.45) is 1.66. The molecule has 3 aromatic rings. The molecule has 0 aliphatic carbocycles. The van der Waals surface area contributed by atoms with Crippen LogP contribution in [0.15, 0.2) is 77.7 Å². The summed E-state index contributed by atoms with van der Waals surface area (Å²) in [4.78, 5) is 38.2. The first-order valence-electron chi connectivity index (χ1n) is 10.0. The third-order valence-electron chi connectivity index (χ3n) is 4.75. The number of carbonyl (C=O) groups is 3. The van der Waals surface area contributed by atoms with Crippen LogP contribution in [0.5, 0.6) is 5.75 Å². The highest BCUT2D eigenvalue weighted by molar-refractivity contribution is 8.19. The fourth-order valence-corrected chi connectivity index (χ4v) is 4.16. The molecule has 1 N–H and O–H groups in total. The summed E-state index contributed by atoms with van der Waals surface area (Å²) in [5, 5.41) is 2.92. The van der Waals surface area contributed by atoms with Crippen LogP contribution >= 0.6 is 23.4 Å². The molecule has 33 heavy (non-hydrogen) atoms. The van der Waals surface area contributed by atoms with Crippen LogP contribution in [0.4, 0.5) is 16.2 Å². The molecular weight excluding hydrogens is 460 g/mol. The maximum atomic E-state index is 13.0. The lowest BCUT2D eigenvalue weighted by Crippen LogP contribution is -2.27. The van der Waals surface area contributed by atoms with Gasteiger partial charge in [-0.3, -0.25) is 14.4 Å². The Labute approximate surface area is 200 Å². The number of imide groups is 1. The SMILES string of the molecule is CC(=O)Nc1ccc(N2C(=O)S/C(=C\c3ccccc3OCc3ccc(Cl)cc3)C2=O)cc1. The van der Waals surface area contributed by atoms with E-state index in [1.165, 1.54) is 6.92 Å². The molecule has 0 aromatic heterocycles. The molecule has 166 valence electrons. The average Bonchev–Trinajstić information content (AvgIpc) is 3.07. The Morgan fingerprint density at radius 1 is 1.03 bits per heavy atom. The summed E-state index contributed by atoms with van der Waals surface area (Å²) in [5.74, 6) is -0.0162. The van der Waals surface area contributed by atoms with Crippen molar-refractivity contribution in [3.05, 3.63) is 93.9 Å². The predicted octanol–water partition coefficient (Wildman–Crippen LogP) is 6.12. The van der Waals surface area contributed by atoms with Gasteiger partial charge in [0, 0.05) is 23.2 Å². The number of thioether (sulfide) groups is 1. The van der Waals surface area contributed by atoms with E-state index in [2.05, 4.69) is 5.32 Å². The lowest BCUT2D eigenvalue weighted by atomic mass is 10.1. The number of hydrogen-bond donors (Lipinski definition) is 1. The van der Waals surface area contributed by atoms with Crippen LogP contribution in [0.25, 0.3) is 6.08 Å². The predicted molar refractivity (Wildman–Crippen MR) is 131 cm³/mol. The highest BCUT2D eigenvalue weighted by Gasteiger charge is 2.36. The van der Waals surface area contributed by atoms with E-state index >= 15 is 0 Å². The molecule has 1 aliphatic heterocycles. The van der Waals surface area contributed by atoms with Crippen molar-refractivity contribution in [3.8, 4) is 5.75 Å². The summed E-state index contributed by atoms with van der Waals surface area (Å²) in [5.41, 5.74) is 2.66. The lowest BCUT2D eigenvalue weighted by molar-refractivity contribution is -0.114. The second kappa shape index (κ2) is 9.94. The molecular formula is C25H19ClN2O4S. The van der Waals surface area contributed by atoms with Gasteiger partial charge in [-0.05, 0) is 65.9 Å². The van der Waals surface area contributed by atoms with Gasteiger partial charge >= 0.3 is 0 Å². The van der Waals surface area contributed by atoms with Crippen molar-refractivity contribution in [1.82, 2.24) is 0 Å². The van der Waals surface area contributed by atoms with Crippen molar-refractivity contribution in [3.63, 3.8) is 0 Å². The van der Waals surface area contributed by atoms with Gasteiger partial charge < -0.3 is 10.1 Å². The molecule has 0 unspecified atom stereocenters. The Morgan fingerprint density at radius 2 is 1.73 bits per heavy atom. The van der Waals surface area contributed by atoms with Gasteiger partial charge in [0.1, 0.15) is 12.4 Å². The van der Waals surface area contributed by atoms with E-state index in [9.17, 15) is 14.4 Å². The Morgan fingerprint density at radius 3 is 2.42 bits per heavy atom. The second-order valence-electron chi connectivity index (χ2n) is 7.20. The molecule has 6 nitrogen and oxygen atoms in total. The van der Waals surface area contributed by atoms with Crippen LogP contribution in [0.1, 0.15) is 18.1 Å². The minimum atomic E-state index is -0.412. The summed E-state index contributed by atoms with van der Waals surface area (Å²) in [6, 6.07) is 21.2. The molecule has 8 heteroatoms. The molecule has 1 fully saturated rings. The van der Waals surface area contributed by atoms with Gasteiger partial charge in [-0.2, -0.15) is 0 Å². The standard InChI is InChI=1S/C25H19ClN2O4S/c1-16(29)27-20-10-12-21(13-11-20)28-24(30)23(33-25(28)31)14-18-4-2-3-5-22(18)32-15-17-6-8-19(26)9-7-17/h2-14H,15H2,1H3,(H,27,29)/b23-14-. The number of anilines is 2. The van der Waals surface area contributed by atoms with Crippen LogP contribution in [0, 0.1) is 0 Å². The molecule has 0 spiro atoms. The Kier molecular flexibility index (Phi) is 6.82. The maximum absolute atomic E-state index is 13.0. The number of halogens is 1. The molecule has 1 saturated heterocycles. The molecule has 0 saturated carbocycles. The summed E-state index contributed by atoms with van der Waals surface area (Å²) >= 11 is 6.80. The monoisotopic (exact) mass is 478 g/mol. The van der Waals surface area contributed by atoms with E-state index in [0.29, 0.717) is 39.2 Å². The van der Waals surface area contributed by atoms with E-state index in [1.54, 1.807) is 42.5 Å². The number of carbonyl (C=O) groups excluding carboxylic acids is 3. The number of hydrogen-bond acceptors (Lipinski definition) is 5. The van der Waals surface area contributed by atoms with E-state index in [1.807, 2.05) is 36.4 Å². The molecule has 3 amide bonds. The first-order chi connectivity index (χ1) is 15.9. The third-order valence-corrected chi connectivity index (χ3v) is 5.87. The van der Waals surface area contributed by atoms with Crippen LogP contribution in [-0.4, -0.2) is 17.1 Å². The van der Waals surface area contributed by atoms with Crippen LogP contribution in [-0.2, 0) is 16.2 Å². The zero-order valence-electron chi connectivity index (χ0n) is 17.6. The minimum Gasteiger partial charge on any atom is -0.488 e. The quantitative estimate of drug-likeness (QED) is 0.432. The van der Waals surface area contributed by atoms with Crippen molar-refractivity contribution in [2.45, 2.75) is 13.5 Å². The van der Waals surface area contributed by atoms with E-state index < -0.39 is 11.1 Å². The summed E-state index contributed by atoms with van der Waals surface area (Å²) < 4.78 is 5.95. The van der Waals surface area contributed by atoms with Crippen molar-refractivity contribution in [2.24, 2.45) is 0 Å². The van der Waals surface area contributed by atoms with Crippen molar-refractivity contribution in [2.75, 3.05) is 10.2 Å². The average molecular weight is 479 g/mol. The fraction of sp³-hybridized carbons (Fsp3) is 0.0800. The molecule has 3 aromatic carbocycles. The Balaban J connectivity index is 1.52. The van der Waals surface area contributed by atoms with Crippen LogP contribution in [0.2, 0.25) is 5.02 Å². The minimum absolute atomic E-state index is 0.200. The van der Waals surface area contributed by atoms with Gasteiger partial charge in [0.15, 0.2) is 0 Å². The van der Waals surface area contributed by atoms with Crippen molar-refractivity contribution >= 4 is 57.9 Å². The number of rotatable bonds is 6. The number of amides is 3. The summed E-state index contributed by atoms with van der Waals surface area (Å²) in [7, 11) is 0. The highest BCUT2D eigenvalue weighted by atomic mass is 35.5. The largest absolute Gasteiger partial charge is 0.488 e. The molecule has 0 bridgehead atoms.